The van der Waals surface area contributed by atoms with E-state index < -0.39 is 0 Å². The SMILES string of the molecule is C=C(Oc1ccccc1CC)c1ccc(C2=CC(c3ccc(C4Nc5ccccc5N4)cc3)=C(c3cccc4c3C=CCC4)NC2C)cc1. The predicted molar refractivity (Wildman–Crippen MR) is 206 cm³/mol. The molecule has 2 heterocycles. The summed E-state index contributed by atoms with van der Waals surface area (Å²) < 4.78 is 6.23. The lowest BCUT2D eigenvalue weighted by Crippen LogP contribution is -2.30. The highest BCUT2D eigenvalue weighted by atomic mass is 16.5. The van der Waals surface area contributed by atoms with Gasteiger partial charge in [-0.05, 0) is 89.4 Å². The topological polar surface area (TPSA) is 45.3 Å². The lowest BCUT2D eigenvalue weighted by Gasteiger charge is -2.30. The van der Waals surface area contributed by atoms with Crippen LogP contribution in [-0.2, 0) is 12.8 Å². The van der Waals surface area contributed by atoms with E-state index in [-0.39, 0.29) is 12.2 Å². The number of hydrogen-bond acceptors (Lipinski definition) is 4. The lowest BCUT2D eigenvalue weighted by molar-refractivity contribution is 0.510. The van der Waals surface area contributed by atoms with Crippen LogP contribution in [0.3, 0.4) is 0 Å². The fraction of sp³-hybridized carbons (Fsp3) is 0.156. The van der Waals surface area contributed by atoms with Crippen molar-refractivity contribution in [3.63, 3.8) is 0 Å². The van der Waals surface area contributed by atoms with Crippen molar-refractivity contribution >= 4 is 40.1 Å². The molecule has 5 aromatic rings. The zero-order chi connectivity index (χ0) is 33.3. The number of rotatable bonds is 8. The maximum absolute atomic E-state index is 6.23. The Kier molecular flexibility index (Phi) is 8.14. The van der Waals surface area contributed by atoms with Gasteiger partial charge in [-0.2, -0.15) is 0 Å². The van der Waals surface area contributed by atoms with Crippen LogP contribution in [0.1, 0.15) is 70.9 Å². The van der Waals surface area contributed by atoms with Gasteiger partial charge in [0, 0.05) is 22.7 Å². The number of aryl methyl sites for hydroxylation is 2. The summed E-state index contributed by atoms with van der Waals surface area (Å²) in [6.07, 6.45) is 10.1. The zero-order valence-electron chi connectivity index (χ0n) is 28.1. The van der Waals surface area contributed by atoms with E-state index in [1.165, 1.54) is 55.8 Å². The molecule has 1 atom stereocenters. The number of hydrogen-bond donors (Lipinski definition) is 3. The molecule has 0 bridgehead atoms. The van der Waals surface area contributed by atoms with Crippen LogP contribution in [0.25, 0.3) is 28.7 Å². The van der Waals surface area contributed by atoms with Crippen molar-refractivity contribution in [2.75, 3.05) is 10.6 Å². The molecule has 2 aliphatic heterocycles. The number of ether oxygens (including phenoxy) is 1. The Labute approximate surface area is 289 Å². The van der Waals surface area contributed by atoms with E-state index in [9.17, 15) is 0 Å². The van der Waals surface area contributed by atoms with Gasteiger partial charge in [-0.15, -0.1) is 0 Å². The fourth-order valence-electron chi connectivity index (χ4n) is 7.23. The van der Waals surface area contributed by atoms with E-state index in [0.29, 0.717) is 5.76 Å². The number of anilines is 2. The van der Waals surface area contributed by atoms with Gasteiger partial charge in [-0.1, -0.05) is 123 Å². The van der Waals surface area contributed by atoms with Crippen molar-refractivity contribution in [1.29, 1.82) is 0 Å². The van der Waals surface area contributed by atoms with Crippen LogP contribution in [0.15, 0.2) is 134 Å². The summed E-state index contributed by atoms with van der Waals surface area (Å²) in [6.45, 7) is 8.65. The normalized spacial score (nSPS) is 16.5. The van der Waals surface area contributed by atoms with Gasteiger partial charge in [0.05, 0.1) is 17.1 Å². The molecular weight excluding hydrogens is 599 g/mol. The minimum absolute atomic E-state index is 0.0366. The summed E-state index contributed by atoms with van der Waals surface area (Å²) in [5.41, 5.74) is 15.5. The summed E-state index contributed by atoms with van der Waals surface area (Å²) in [5.74, 6) is 1.51. The van der Waals surface area contributed by atoms with Crippen molar-refractivity contribution in [3.8, 4) is 5.75 Å². The molecule has 0 saturated heterocycles. The Morgan fingerprint density at radius 1 is 0.776 bits per heavy atom. The molecule has 0 saturated carbocycles. The Morgan fingerprint density at radius 3 is 2.24 bits per heavy atom. The van der Waals surface area contributed by atoms with Crippen LogP contribution in [0.5, 0.6) is 5.75 Å². The summed E-state index contributed by atoms with van der Waals surface area (Å²) >= 11 is 0. The third-order valence-electron chi connectivity index (χ3n) is 9.94. The molecule has 0 radical (unpaired) electrons. The Morgan fingerprint density at radius 2 is 1.49 bits per heavy atom. The molecule has 242 valence electrons. The molecule has 0 amide bonds. The van der Waals surface area contributed by atoms with E-state index in [2.05, 4.69) is 152 Å². The van der Waals surface area contributed by atoms with Gasteiger partial charge in [-0.3, -0.25) is 0 Å². The number of fused-ring (bicyclic) bond motifs is 2. The lowest BCUT2D eigenvalue weighted by atomic mass is 9.85. The first-order valence-corrected chi connectivity index (χ1v) is 17.3. The molecule has 5 aromatic carbocycles. The third kappa shape index (κ3) is 5.95. The largest absolute Gasteiger partial charge is 0.457 e. The quantitative estimate of drug-likeness (QED) is 0.148. The molecule has 3 aliphatic rings. The van der Waals surface area contributed by atoms with Gasteiger partial charge in [-0.25, -0.2) is 0 Å². The third-order valence-corrected chi connectivity index (χ3v) is 9.94. The second-order valence-electron chi connectivity index (χ2n) is 13.0. The highest BCUT2D eigenvalue weighted by Crippen LogP contribution is 2.40. The first kappa shape index (κ1) is 30.6. The molecule has 1 aliphatic carbocycles. The number of para-hydroxylation sites is 3. The second-order valence-corrected chi connectivity index (χ2v) is 13.0. The first-order chi connectivity index (χ1) is 24.1. The van der Waals surface area contributed by atoms with Crippen molar-refractivity contribution in [2.24, 2.45) is 0 Å². The van der Waals surface area contributed by atoms with Crippen molar-refractivity contribution < 1.29 is 4.74 Å². The zero-order valence-corrected chi connectivity index (χ0v) is 28.1. The second kappa shape index (κ2) is 13.0. The number of benzene rings is 5. The van der Waals surface area contributed by atoms with Crippen molar-refractivity contribution in [2.45, 2.75) is 45.3 Å². The standard InChI is InChI=1S/C45H41N3O/c1-4-31-12-6-10-19-43(31)49-30(3)32-20-22-34(23-21-32)39-28-40(44(46-29(39)2)38-16-11-14-33-13-5-7-15-37(33)38)35-24-26-36(27-25-35)45-47-41-17-8-9-18-42(41)48-45/h6-12,14-29,45-48H,3-5,13H2,1-2H3. The highest BCUT2D eigenvalue weighted by Gasteiger charge is 2.26. The molecular formula is C45H41N3O. The van der Waals surface area contributed by atoms with Crippen LogP contribution >= 0.6 is 0 Å². The smallest absolute Gasteiger partial charge is 0.130 e. The van der Waals surface area contributed by atoms with Gasteiger partial charge in [0.25, 0.3) is 0 Å². The van der Waals surface area contributed by atoms with E-state index >= 15 is 0 Å². The van der Waals surface area contributed by atoms with Crippen molar-refractivity contribution in [3.05, 3.63) is 178 Å². The van der Waals surface area contributed by atoms with Gasteiger partial charge in [0.1, 0.15) is 17.7 Å². The van der Waals surface area contributed by atoms with Gasteiger partial charge < -0.3 is 20.7 Å². The van der Waals surface area contributed by atoms with E-state index in [4.69, 9.17) is 4.74 Å². The minimum Gasteiger partial charge on any atom is -0.457 e. The maximum Gasteiger partial charge on any atom is 0.130 e. The molecule has 1 unspecified atom stereocenters. The van der Waals surface area contributed by atoms with Crippen LogP contribution in [0.2, 0.25) is 0 Å². The first-order valence-electron chi connectivity index (χ1n) is 17.3. The van der Waals surface area contributed by atoms with Gasteiger partial charge in [0.15, 0.2) is 0 Å². The van der Waals surface area contributed by atoms with Crippen LogP contribution < -0.4 is 20.7 Å². The van der Waals surface area contributed by atoms with E-state index in [1.807, 2.05) is 18.2 Å². The average Bonchev–Trinajstić information content (AvgIpc) is 3.59. The minimum atomic E-state index is 0.0366. The predicted octanol–water partition coefficient (Wildman–Crippen LogP) is 10.7. The number of allylic oxidation sites excluding steroid dienone is 3. The van der Waals surface area contributed by atoms with Crippen molar-refractivity contribution in [1.82, 2.24) is 5.32 Å². The molecule has 0 spiro atoms. The molecule has 8 rings (SSSR count). The molecule has 0 fully saturated rings. The van der Waals surface area contributed by atoms with Crippen LogP contribution in [0.4, 0.5) is 11.4 Å². The molecule has 3 N–H and O–H groups in total. The van der Waals surface area contributed by atoms with E-state index in [0.717, 1.165) is 42.0 Å². The Balaban J connectivity index is 1.14. The number of dihydropyridines is 1. The maximum atomic E-state index is 6.23. The van der Waals surface area contributed by atoms with Gasteiger partial charge >= 0.3 is 0 Å². The average molecular weight is 640 g/mol. The molecule has 0 aromatic heterocycles. The number of nitrogens with one attached hydrogen (secondary N) is 3. The molecule has 4 nitrogen and oxygen atoms in total. The van der Waals surface area contributed by atoms with Crippen LogP contribution in [-0.4, -0.2) is 6.04 Å². The molecule has 49 heavy (non-hydrogen) atoms. The molecule has 4 heteroatoms. The fourth-order valence-corrected chi connectivity index (χ4v) is 7.23. The summed E-state index contributed by atoms with van der Waals surface area (Å²) in [4.78, 5) is 0. The Bertz CT molecular complexity index is 2110. The summed E-state index contributed by atoms with van der Waals surface area (Å²) in [5, 5.41) is 11.2. The summed E-state index contributed by atoms with van der Waals surface area (Å²) in [6, 6.07) is 41.0. The van der Waals surface area contributed by atoms with Gasteiger partial charge in [0.2, 0.25) is 0 Å². The summed E-state index contributed by atoms with van der Waals surface area (Å²) in [7, 11) is 0. The van der Waals surface area contributed by atoms with Crippen LogP contribution in [0, 0.1) is 0 Å². The van der Waals surface area contributed by atoms with E-state index in [1.54, 1.807) is 0 Å². The Hall–Kier alpha value is -5.74. The highest BCUT2D eigenvalue weighted by molar-refractivity contribution is 6.03. The monoisotopic (exact) mass is 639 g/mol.